The maximum Gasteiger partial charge on any atom is 0.165 e. The smallest absolute Gasteiger partial charge is 0.165 e. The molecular weight excluding hydrogens is 262 g/mol. The molecule has 3 aromatic heterocycles. The van der Waals surface area contributed by atoms with Gasteiger partial charge >= 0.3 is 0 Å². The number of hydrogen-bond donors (Lipinski definition) is 0. The molecule has 0 unspecified atom stereocenters. The van der Waals surface area contributed by atoms with Crippen molar-refractivity contribution in [3.8, 4) is 5.69 Å². The second-order valence-corrected chi connectivity index (χ2v) is 5.92. The van der Waals surface area contributed by atoms with Gasteiger partial charge in [0.05, 0.1) is 11.4 Å². The Hall–Kier alpha value is -2.17. The summed E-state index contributed by atoms with van der Waals surface area (Å²) in [4.78, 5) is 0. The third kappa shape index (κ3) is 1.95. The molecule has 3 heterocycles. The third-order valence-electron chi connectivity index (χ3n) is 4.12. The van der Waals surface area contributed by atoms with E-state index in [0.717, 1.165) is 28.4 Å². The van der Waals surface area contributed by atoms with Crippen LogP contribution >= 0.6 is 0 Å². The van der Waals surface area contributed by atoms with Crippen LogP contribution in [-0.2, 0) is 0 Å². The molecule has 0 radical (unpaired) electrons. The van der Waals surface area contributed by atoms with Gasteiger partial charge in [-0.3, -0.25) is 4.40 Å². The van der Waals surface area contributed by atoms with E-state index in [1.165, 1.54) is 11.3 Å². The highest BCUT2D eigenvalue weighted by Gasteiger charge is 2.18. The van der Waals surface area contributed by atoms with E-state index in [4.69, 9.17) is 5.10 Å². The number of fused-ring (bicyclic) bond motifs is 1. The standard InChI is InChI=1S/C16H21N5/c1-9(2)15-11(4)19-21(12(15)5)14-7-8-20-13(6)17-18-16(20)10(14)3/h7-9H,1-6H3. The molecule has 21 heavy (non-hydrogen) atoms. The highest BCUT2D eigenvalue weighted by molar-refractivity contribution is 5.58. The topological polar surface area (TPSA) is 48.0 Å². The number of rotatable bonds is 2. The van der Waals surface area contributed by atoms with Crippen LogP contribution in [-0.4, -0.2) is 24.4 Å². The molecule has 0 spiro atoms. The predicted molar refractivity (Wildman–Crippen MR) is 83.1 cm³/mol. The van der Waals surface area contributed by atoms with E-state index in [1.54, 1.807) is 0 Å². The molecule has 0 bridgehead atoms. The van der Waals surface area contributed by atoms with Gasteiger partial charge < -0.3 is 0 Å². The lowest BCUT2D eigenvalue weighted by Crippen LogP contribution is -2.04. The van der Waals surface area contributed by atoms with Gasteiger partial charge in [-0.1, -0.05) is 13.8 Å². The van der Waals surface area contributed by atoms with Crippen molar-refractivity contribution in [2.45, 2.75) is 47.5 Å². The minimum atomic E-state index is 0.470. The minimum Gasteiger partial charge on any atom is -0.286 e. The largest absolute Gasteiger partial charge is 0.286 e. The average Bonchev–Trinajstić information content (AvgIpc) is 2.92. The fourth-order valence-electron chi connectivity index (χ4n) is 3.14. The Morgan fingerprint density at radius 3 is 2.38 bits per heavy atom. The molecule has 0 saturated carbocycles. The highest BCUT2D eigenvalue weighted by atomic mass is 15.3. The summed E-state index contributed by atoms with van der Waals surface area (Å²) in [5, 5.41) is 13.2. The maximum atomic E-state index is 4.74. The maximum absolute atomic E-state index is 4.74. The molecule has 0 fully saturated rings. The van der Waals surface area contributed by atoms with Crippen LogP contribution in [0.3, 0.4) is 0 Å². The van der Waals surface area contributed by atoms with Gasteiger partial charge in [-0.25, -0.2) is 4.68 Å². The molecule has 3 aromatic rings. The summed E-state index contributed by atoms with van der Waals surface area (Å²) in [7, 11) is 0. The summed E-state index contributed by atoms with van der Waals surface area (Å²) in [5.74, 6) is 1.37. The van der Waals surface area contributed by atoms with Crippen LogP contribution < -0.4 is 0 Å². The Bertz CT molecular complexity index is 823. The van der Waals surface area contributed by atoms with E-state index in [0.29, 0.717) is 5.92 Å². The monoisotopic (exact) mass is 283 g/mol. The van der Waals surface area contributed by atoms with Gasteiger partial charge in [-0.15, -0.1) is 10.2 Å². The average molecular weight is 283 g/mol. The first-order valence-corrected chi connectivity index (χ1v) is 7.29. The number of hydrogen-bond acceptors (Lipinski definition) is 3. The molecule has 0 N–H and O–H groups in total. The molecule has 0 aromatic carbocycles. The number of aryl methyl sites for hydroxylation is 3. The van der Waals surface area contributed by atoms with Gasteiger partial charge in [0.25, 0.3) is 0 Å². The summed E-state index contributed by atoms with van der Waals surface area (Å²) >= 11 is 0. The Morgan fingerprint density at radius 1 is 1.05 bits per heavy atom. The highest BCUT2D eigenvalue weighted by Crippen LogP contribution is 2.27. The normalized spacial score (nSPS) is 11.8. The number of aromatic nitrogens is 5. The van der Waals surface area contributed by atoms with Crippen LogP contribution in [0, 0.1) is 27.7 Å². The Labute approximate surface area is 124 Å². The molecule has 0 aliphatic heterocycles. The van der Waals surface area contributed by atoms with Crippen LogP contribution in [0.25, 0.3) is 11.3 Å². The Balaban J connectivity index is 2.26. The molecule has 5 nitrogen and oxygen atoms in total. The van der Waals surface area contributed by atoms with Crippen LogP contribution in [0.15, 0.2) is 12.3 Å². The van der Waals surface area contributed by atoms with Crippen molar-refractivity contribution in [1.82, 2.24) is 24.4 Å². The molecule has 0 amide bonds. The van der Waals surface area contributed by atoms with Crippen molar-refractivity contribution in [1.29, 1.82) is 0 Å². The lowest BCUT2D eigenvalue weighted by molar-refractivity contribution is 0.815. The molecule has 0 atom stereocenters. The van der Waals surface area contributed by atoms with Crippen LogP contribution in [0.5, 0.6) is 0 Å². The van der Waals surface area contributed by atoms with Gasteiger partial charge in [0.2, 0.25) is 0 Å². The lowest BCUT2D eigenvalue weighted by atomic mass is 10.0. The van der Waals surface area contributed by atoms with Gasteiger partial charge in [0.1, 0.15) is 5.82 Å². The predicted octanol–water partition coefficient (Wildman–Crippen LogP) is 3.27. The van der Waals surface area contributed by atoms with Crippen LogP contribution in [0.1, 0.15) is 48.1 Å². The van der Waals surface area contributed by atoms with Crippen molar-refractivity contribution in [3.63, 3.8) is 0 Å². The zero-order valence-corrected chi connectivity index (χ0v) is 13.5. The zero-order chi connectivity index (χ0) is 15.3. The van der Waals surface area contributed by atoms with Crippen molar-refractivity contribution in [2.24, 2.45) is 0 Å². The molecule has 0 saturated heterocycles. The summed E-state index contributed by atoms with van der Waals surface area (Å²) in [6.45, 7) is 12.7. The van der Waals surface area contributed by atoms with E-state index < -0.39 is 0 Å². The number of nitrogens with zero attached hydrogens (tertiary/aromatic N) is 5. The third-order valence-corrected chi connectivity index (χ3v) is 4.12. The summed E-state index contributed by atoms with van der Waals surface area (Å²) in [6.07, 6.45) is 2.01. The van der Waals surface area contributed by atoms with Crippen LogP contribution in [0.4, 0.5) is 0 Å². The van der Waals surface area contributed by atoms with Crippen LogP contribution in [0.2, 0.25) is 0 Å². The van der Waals surface area contributed by atoms with Crippen molar-refractivity contribution in [2.75, 3.05) is 0 Å². The molecular formula is C16H21N5. The minimum absolute atomic E-state index is 0.470. The van der Waals surface area contributed by atoms with Gasteiger partial charge in [0, 0.05) is 17.5 Å². The zero-order valence-electron chi connectivity index (χ0n) is 13.5. The molecule has 0 aliphatic carbocycles. The summed E-state index contributed by atoms with van der Waals surface area (Å²) in [6, 6.07) is 2.09. The quantitative estimate of drug-likeness (QED) is 0.725. The second-order valence-electron chi connectivity index (χ2n) is 5.92. The molecule has 5 heteroatoms. The van der Waals surface area contributed by atoms with Gasteiger partial charge in [-0.2, -0.15) is 5.10 Å². The van der Waals surface area contributed by atoms with E-state index in [2.05, 4.69) is 50.9 Å². The van der Waals surface area contributed by atoms with Crippen molar-refractivity contribution in [3.05, 3.63) is 40.6 Å². The Morgan fingerprint density at radius 2 is 1.76 bits per heavy atom. The van der Waals surface area contributed by atoms with Gasteiger partial charge in [0.15, 0.2) is 5.65 Å². The van der Waals surface area contributed by atoms with Crippen molar-refractivity contribution < 1.29 is 0 Å². The lowest BCUT2D eigenvalue weighted by Gasteiger charge is -2.11. The Kier molecular flexibility index (Phi) is 3.08. The fraction of sp³-hybridized carbons (Fsp3) is 0.438. The summed E-state index contributed by atoms with van der Waals surface area (Å²) in [5.41, 5.74) is 6.68. The first kappa shape index (κ1) is 13.8. The van der Waals surface area contributed by atoms with E-state index in [-0.39, 0.29) is 0 Å². The molecule has 110 valence electrons. The van der Waals surface area contributed by atoms with E-state index in [9.17, 15) is 0 Å². The van der Waals surface area contributed by atoms with E-state index in [1.807, 2.05) is 22.2 Å². The SMILES string of the molecule is Cc1nn(-c2ccn3c(C)nnc3c2C)c(C)c1C(C)C. The summed E-state index contributed by atoms with van der Waals surface area (Å²) < 4.78 is 4.04. The molecule has 3 rings (SSSR count). The number of pyridine rings is 1. The van der Waals surface area contributed by atoms with Crippen molar-refractivity contribution >= 4 is 5.65 Å². The molecule has 0 aliphatic rings. The fourth-order valence-corrected chi connectivity index (χ4v) is 3.14. The first-order chi connectivity index (χ1) is 9.91. The first-order valence-electron chi connectivity index (χ1n) is 7.29. The van der Waals surface area contributed by atoms with Gasteiger partial charge in [-0.05, 0) is 45.2 Å². The van der Waals surface area contributed by atoms with E-state index >= 15 is 0 Å². The second kappa shape index (κ2) is 4.69.